The van der Waals surface area contributed by atoms with Crippen LogP contribution >= 0.6 is 0 Å². The monoisotopic (exact) mass is 462 g/mol. The van der Waals surface area contributed by atoms with Crippen LogP contribution in [-0.2, 0) is 19.1 Å². The molecule has 1 heterocycles. The first kappa shape index (κ1) is 24.6. The molecule has 33 heavy (non-hydrogen) atoms. The van der Waals surface area contributed by atoms with Crippen molar-refractivity contribution in [3.05, 3.63) is 23.8 Å². The van der Waals surface area contributed by atoms with Crippen LogP contribution in [0.15, 0.2) is 23.8 Å². The van der Waals surface area contributed by atoms with Gasteiger partial charge in [-0.1, -0.05) is 32.9 Å². The fourth-order valence-corrected chi connectivity index (χ4v) is 6.98. The van der Waals surface area contributed by atoms with E-state index in [1.807, 2.05) is 0 Å². The molecule has 0 aromatic carbocycles. The molecule has 1 saturated heterocycles. The lowest BCUT2D eigenvalue weighted by Gasteiger charge is -2.59. The number of carbonyl (C=O) groups excluding carboxylic acids is 2. The van der Waals surface area contributed by atoms with Crippen molar-refractivity contribution < 1.29 is 34.4 Å². The minimum atomic E-state index is -1.06. The summed E-state index contributed by atoms with van der Waals surface area (Å²) in [5, 5.41) is 30.8. The number of fused-ring (bicyclic) bond motifs is 2. The molecule has 0 aromatic heterocycles. The number of epoxide rings is 1. The zero-order valence-electron chi connectivity index (χ0n) is 20.2. The van der Waals surface area contributed by atoms with Gasteiger partial charge in [-0.05, 0) is 67.8 Å². The van der Waals surface area contributed by atoms with Crippen molar-refractivity contribution in [3.8, 4) is 0 Å². The van der Waals surface area contributed by atoms with E-state index in [0.29, 0.717) is 17.9 Å². The summed E-state index contributed by atoms with van der Waals surface area (Å²) >= 11 is 0. The highest BCUT2D eigenvalue weighted by Crippen LogP contribution is 2.64. The topological polar surface area (TPSA) is 117 Å². The molecule has 0 unspecified atom stereocenters. The molecule has 4 rings (SSSR count). The van der Waals surface area contributed by atoms with Gasteiger partial charge in [-0.25, -0.2) is 0 Å². The maximum Gasteiger partial charge on any atom is 0.308 e. The van der Waals surface area contributed by atoms with Gasteiger partial charge < -0.3 is 24.8 Å². The molecule has 0 spiro atoms. The molecule has 3 aliphatic carbocycles. The maximum absolute atomic E-state index is 13.2. The van der Waals surface area contributed by atoms with Crippen molar-refractivity contribution in [2.75, 3.05) is 6.61 Å². The fourth-order valence-electron chi connectivity index (χ4n) is 6.98. The summed E-state index contributed by atoms with van der Waals surface area (Å²) < 4.78 is 11.0. The van der Waals surface area contributed by atoms with Gasteiger partial charge in [0.15, 0.2) is 11.4 Å². The molecule has 0 radical (unpaired) electrons. The van der Waals surface area contributed by atoms with Gasteiger partial charge in [0.2, 0.25) is 0 Å². The van der Waals surface area contributed by atoms with E-state index < -0.39 is 29.9 Å². The van der Waals surface area contributed by atoms with Crippen molar-refractivity contribution in [2.24, 2.45) is 22.7 Å². The largest absolute Gasteiger partial charge is 0.461 e. The van der Waals surface area contributed by atoms with Crippen LogP contribution in [0.5, 0.6) is 0 Å². The van der Waals surface area contributed by atoms with Crippen molar-refractivity contribution in [1.29, 1.82) is 0 Å². The van der Waals surface area contributed by atoms with E-state index in [9.17, 15) is 24.9 Å². The van der Waals surface area contributed by atoms with E-state index in [0.717, 1.165) is 31.3 Å². The summed E-state index contributed by atoms with van der Waals surface area (Å²) in [6.07, 6.45) is 2.28. The first-order valence-corrected chi connectivity index (χ1v) is 12.1. The second-order valence-electron chi connectivity index (χ2n) is 11.6. The van der Waals surface area contributed by atoms with Crippen molar-refractivity contribution in [1.82, 2.24) is 0 Å². The van der Waals surface area contributed by atoms with Gasteiger partial charge in [0.1, 0.15) is 18.8 Å². The lowest BCUT2D eigenvalue weighted by molar-refractivity contribution is -0.145. The molecule has 8 atom stereocenters. The van der Waals surface area contributed by atoms with E-state index in [2.05, 4.69) is 27.4 Å². The third-order valence-electron chi connectivity index (χ3n) is 9.06. The summed E-state index contributed by atoms with van der Waals surface area (Å²) in [6.45, 7) is 12.2. The molecule has 3 N–H and O–H groups in total. The average Bonchev–Trinajstić information content (AvgIpc) is 3.46. The number of hydrogen-bond donors (Lipinski definition) is 3. The second kappa shape index (κ2) is 8.29. The highest BCUT2D eigenvalue weighted by molar-refractivity contribution is 6.02. The van der Waals surface area contributed by atoms with E-state index in [1.165, 1.54) is 13.0 Å². The van der Waals surface area contributed by atoms with Crippen molar-refractivity contribution >= 4 is 11.8 Å². The Morgan fingerprint density at radius 3 is 2.67 bits per heavy atom. The van der Waals surface area contributed by atoms with E-state index in [1.54, 1.807) is 0 Å². The molecule has 7 heteroatoms. The zero-order chi connectivity index (χ0) is 24.3. The number of allylic oxidation sites excluding steroid dienone is 1. The Morgan fingerprint density at radius 2 is 2.00 bits per heavy atom. The molecule has 1 aliphatic heterocycles. The van der Waals surface area contributed by atoms with Crippen LogP contribution in [-0.4, -0.2) is 63.7 Å². The standard InChI is InChI=1S/C26H38O7/c1-14-6-7-18-24(3,4)19(28)8-9-25(18,5)17(14)12-26-20(29)11-16(22(31)23(26)33-26)13-32-21(30)10-15(2)27/h11,15,17-19,22-23,27-28,31H,1,6-10,12-13H2,2-5H3/t15-,17-,18-,19+,22+,23-,25+,26+/m0/s1. The molecule has 0 bridgehead atoms. The Morgan fingerprint density at radius 1 is 1.30 bits per heavy atom. The second-order valence-corrected chi connectivity index (χ2v) is 11.6. The van der Waals surface area contributed by atoms with Gasteiger partial charge in [0.25, 0.3) is 0 Å². The normalized spacial score (nSPS) is 42.6. The van der Waals surface area contributed by atoms with Crippen LogP contribution in [0, 0.1) is 22.7 Å². The first-order chi connectivity index (χ1) is 15.3. The molecule has 3 fully saturated rings. The Labute approximate surface area is 195 Å². The quantitative estimate of drug-likeness (QED) is 0.315. The Kier molecular flexibility index (Phi) is 6.18. The van der Waals surface area contributed by atoms with Crippen molar-refractivity contribution in [2.45, 2.75) is 96.2 Å². The lowest BCUT2D eigenvalue weighted by Crippen LogP contribution is -2.56. The number of aliphatic hydroxyl groups excluding tert-OH is 3. The predicted octanol–water partition coefficient (Wildman–Crippen LogP) is 2.47. The van der Waals surface area contributed by atoms with E-state index in [4.69, 9.17) is 9.47 Å². The number of ketones is 1. The predicted molar refractivity (Wildman–Crippen MR) is 121 cm³/mol. The molecule has 2 saturated carbocycles. The van der Waals surface area contributed by atoms with Crippen LogP contribution in [0.2, 0.25) is 0 Å². The van der Waals surface area contributed by atoms with Crippen LogP contribution < -0.4 is 0 Å². The number of ether oxygens (including phenoxy) is 2. The molecule has 7 nitrogen and oxygen atoms in total. The highest BCUT2D eigenvalue weighted by atomic mass is 16.6. The lowest BCUT2D eigenvalue weighted by atomic mass is 9.46. The number of esters is 1. The first-order valence-electron chi connectivity index (χ1n) is 12.1. The van der Waals surface area contributed by atoms with Gasteiger partial charge in [0.05, 0.1) is 18.6 Å². The van der Waals surface area contributed by atoms with Gasteiger partial charge in [0, 0.05) is 5.57 Å². The average molecular weight is 463 g/mol. The molecule has 184 valence electrons. The van der Waals surface area contributed by atoms with E-state index >= 15 is 0 Å². The number of aliphatic hydroxyl groups is 3. The van der Waals surface area contributed by atoms with Gasteiger partial charge in [-0.15, -0.1) is 0 Å². The Hall–Kier alpha value is -1.54. The van der Waals surface area contributed by atoms with Gasteiger partial charge in [-0.2, -0.15) is 0 Å². The van der Waals surface area contributed by atoms with Crippen LogP contribution in [0.4, 0.5) is 0 Å². The summed E-state index contributed by atoms with van der Waals surface area (Å²) in [5.41, 5.74) is 0.0616. The summed E-state index contributed by atoms with van der Waals surface area (Å²) in [6, 6.07) is 0. The third-order valence-corrected chi connectivity index (χ3v) is 9.06. The maximum atomic E-state index is 13.2. The van der Waals surface area contributed by atoms with E-state index in [-0.39, 0.29) is 41.7 Å². The summed E-state index contributed by atoms with van der Waals surface area (Å²) in [4.78, 5) is 24.9. The van der Waals surface area contributed by atoms with Crippen LogP contribution in [0.3, 0.4) is 0 Å². The highest BCUT2D eigenvalue weighted by Gasteiger charge is 2.69. The SMILES string of the molecule is C=C1CC[C@H]2C(C)(C)[C@H](O)CC[C@]2(C)[C@H]1C[C@]12O[C@H]1[C@H](O)C(COC(=O)C[C@H](C)O)=CC2=O. The molecular weight excluding hydrogens is 424 g/mol. The molecule has 0 amide bonds. The molecule has 0 aromatic rings. The Bertz CT molecular complexity index is 874. The number of rotatable bonds is 6. The summed E-state index contributed by atoms with van der Waals surface area (Å²) in [7, 11) is 0. The number of carbonyl (C=O) groups is 2. The van der Waals surface area contributed by atoms with Gasteiger partial charge in [-0.3, -0.25) is 9.59 Å². The van der Waals surface area contributed by atoms with Crippen molar-refractivity contribution in [3.63, 3.8) is 0 Å². The molecular formula is C26H38O7. The minimum Gasteiger partial charge on any atom is -0.461 e. The smallest absolute Gasteiger partial charge is 0.308 e. The zero-order valence-corrected chi connectivity index (χ0v) is 20.2. The number of hydrogen-bond acceptors (Lipinski definition) is 7. The summed E-state index contributed by atoms with van der Waals surface area (Å²) in [5.74, 6) is -0.421. The minimum absolute atomic E-state index is 0.0583. The molecule has 4 aliphatic rings. The van der Waals surface area contributed by atoms with Crippen LogP contribution in [0.1, 0.15) is 66.2 Å². The van der Waals surface area contributed by atoms with Crippen LogP contribution in [0.25, 0.3) is 0 Å². The Balaban J connectivity index is 1.51. The van der Waals surface area contributed by atoms with Gasteiger partial charge >= 0.3 is 5.97 Å². The third kappa shape index (κ3) is 4.01. The fraction of sp³-hybridized carbons (Fsp3) is 0.769.